The van der Waals surface area contributed by atoms with Crippen LogP contribution in [0.2, 0.25) is 15.1 Å². The maximum Gasteiger partial charge on any atom is 0.0778 e. The van der Waals surface area contributed by atoms with Crippen molar-refractivity contribution in [3.63, 3.8) is 0 Å². The predicted molar refractivity (Wildman–Crippen MR) is 117 cm³/mol. The summed E-state index contributed by atoms with van der Waals surface area (Å²) in [5, 5.41) is 4.64. The summed E-state index contributed by atoms with van der Waals surface area (Å²) in [4.78, 5) is 7.11. The van der Waals surface area contributed by atoms with Crippen molar-refractivity contribution in [2.45, 2.75) is 19.3 Å². The number of benzene rings is 1. The average molecular weight is 426 g/mol. The molecule has 0 saturated carbocycles. The van der Waals surface area contributed by atoms with Crippen molar-refractivity contribution in [2.24, 2.45) is 4.99 Å². The Morgan fingerprint density at radius 1 is 1.31 bits per heavy atom. The van der Waals surface area contributed by atoms with Crippen LogP contribution in [0.25, 0.3) is 5.70 Å². The first-order valence-corrected chi connectivity index (χ1v) is 10.2. The number of rotatable bonds is 6. The maximum atomic E-state index is 6.18. The van der Waals surface area contributed by atoms with E-state index in [1.807, 2.05) is 18.2 Å². The van der Waals surface area contributed by atoms with Crippen molar-refractivity contribution in [3.8, 4) is 0 Å². The molecule has 26 heavy (non-hydrogen) atoms. The summed E-state index contributed by atoms with van der Waals surface area (Å²) < 4.78 is 0. The minimum Gasteiger partial charge on any atom is -0.381 e. The van der Waals surface area contributed by atoms with Gasteiger partial charge < -0.3 is 5.32 Å². The second kappa shape index (κ2) is 8.18. The third kappa shape index (κ3) is 4.01. The van der Waals surface area contributed by atoms with Gasteiger partial charge in [0.25, 0.3) is 0 Å². The van der Waals surface area contributed by atoms with E-state index in [2.05, 4.69) is 31.5 Å². The highest BCUT2D eigenvalue weighted by Crippen LogP contribution is 2.38. The quantitative estimate of drug-likeness (QED) is 0.402. The standard InChI is InChI=1S/C20H19Cl3N2S/c1-4-5-24-12(3)20-11(2)6-18(26-20)17-9-14(10-25-17)13-7-15(21)19(23)16(22)8-13/h4,6-8,14,24H,1,3,5,9-10H2,2H3. The molecule has 3 rings (SSSR count). The normalized spacial score (nSPS) is 16.5. The van der Waals surface area contributed by atoms with Crippen LogP contribution < -0.4 is 5.32 Å². The van der Waals surface area contributed by atoms with Crippen LogP contribution in [0.1, 0.15) is 33.2 Å². The van der Waals surface area contributed by atoms with Gasteiger partial charge in [0.1, 0.15) is 0 Å². The predicted octanol–water partition coefficient (Wildman–Crippen LogP) is 6.74. The van der Waals surface area contributed by atoms with Crippen molar-refractivity contribution in [1.82, 2.24) is 5.32 Å². The third-order valence-corrected chi connectivity index (χ3v) is 6.90. The Labute approximate surface area is 173 Å². The van der Waals surface area contributed by atoms with Gasteiger partial charge in [0.15, 0.2) is 0 Å². The molecule has 2 nitrogen and oxygen atoms in total. The molecule has 0 radical (unpaired) electrons. The van der Waals surface area contributed by atoms with Gasteiger partial charge >= 0.3 is 0 Å². The highest BCUT2D eigenvalue weighted by molar-refractivity contribution is 7.15. The topological polar surface area (TPSA) is 24.4 Å². The van der Waals surface area contributed by atoms with E-state index in [-0.39, 0.29) is 5.92 Å². The summed E-state index contributed by atoms with van der Waals surface area (Å²) in [6.45, 7) is 11.4. The molecule has 0 bridgehead atoms. The molecule has 0 fully saturated rings. The fourth-order valence-corrected chi connectivity index (χ4v) is 4.74. The lowest BCUT2D eigenvalue weighted by atomic mass is 9.95. The fourth-order valence-electron chi connectivity index (χ4n) is 3.00. The van der Waals surface area contributed by atoms with Gasteiger partial charge in [0, 0.05) is 29.6 Å². The van der Waals surface area contributed by atoms with E-state index in [9.17, 15) is 0 Å². The van der Waals surface area contributed by atoms with E-state index in [1.54, 1.807) is 11.3 Å². The van der Waals surface area contributed by atoms with E-state index in [4.69, 9.17) is 39.8 Å². The van der Waals surface area contributed by atoms with Crippen LogP contribution >= 0.6 is 46.1 Å². The minimum absolute atomic E-state index is 0.269. The minimum atomic E-state index is 0.269. The molecule has 1 aliphatic rings. The Balaban J connectivity index is 1.77. The molecular weight excluding hydrogens is 407 g/mol. The molecule has 1 N–H and O–H groups in total. The first kappa shape index (κ1) is 19.5. The number of halogens is 3. The highest BCUT2D eigenvalue weighted by Gasteiger charge is 2.24. The smallest absolute Gasteiger partial charge is 0.0778 e. The van der Waals surface area contributed by atoms with E-state index in [0.29, 0.717) is 21.6 Å². The van der Waals surface area contributed by atoms with Crippen molar-refractivity contribution in [1.29, 1.82) is 0 Å². The zero-order valence-corrected chi connectivity index (χ0v) is 17.5. The van der Waals surface area contributed by atoms with E-state index in [0.717, 1.165) is 34.8 Å². The Morgan fingerprint density at radius 2 is 2.00 bits per heavy atom. The van der Waals surface area contributed by atoms with Crippen molar-refractivity contribution >= 4 is 57.5 Å². The Bertz CT molecular complexity index is 875. The van der Waals surface area contributed by atoms with Gasteiger partial charge in [-0.05, 0) is 42.7 Å². The third-order valence-electron chi connectivity index (χ3n) is 4.36. The number of hydrogen-bond acceptors (Lipinski definition) is 3. The molecule has 0 spiro atoms. The van der Waals surface area contributed by atoms with Gasteiger partial charge in [-0.2, -0.15) is 0 Å². The number of hydrogen-bond donors (Lipinski definition) is 1. The SMILES string of the molecule is C=CCNC(=C)c1sc(C2=NCC(c3cc(Cl)c(Cl)c(Cl)c3)C2)cc1C. The van der Waals surface area contributed by atoms with Gasteiger partial charge in [-0.25, -0.2) is 0 Å². The molecule has 1 atom stereocenters. The zero-order valence-electron chi connectivity index (χ0n) is 14.4. The summed E-state index contributed by atoms with van der Waals surface area (Å²) in [6.07, 6.45) is 2.68. The molecule has 0 saturated heterocycles. The van der Waals surface area contributed by atoms with Crippen LogP contribution in [-0.2, 0) is 0 Å². The summed E-state index contributed by atoms with van der Waals surface area (Å²) in [6, 6.07) is 5.97. The van der Waals surface area contributed by atoms with Crippen LogP contribution in [0.15, 0.2) is 42.4 Å². The first-order valence-electron chi connectivity index (χ1n) is 8.23. The Hall–Kier alpha value is -1.26. The van der Waals surface area contributed by atoms with Gasteiger partial charge in [-0.1, -0.05) is 47.5 Å². The lowest BCUT2D eigenvalue weighted by molar-refractivity contribution is 0.779. The highest BCUT2D eigenvalue weighted by atomic mass is 35.5. The number of thiophene rings is 1. The monoisotopic (exact) mass is 424 g/mol. The van der Waals surface area contributed by atoms with Crippen molar-refractivity contribution in [2.75, 3.05) is 13.1 Å². The molecule has 0 aliphatic carbocycles. The summed E-state index contributed by atoms with van der Waals surface area (Å²) in [5.74, 6) is 0.269. The zero-order chi connectivity index (χ0) is 18.8. The van der Waals surface area contributed by atoms with Gasteiger partial charge in [0.05, 0.1) is 25.7 Å². The molecular formula is C20H19Cl3N2S. The van der Waals surface area contributed by atoms with Gasteiger partial charge in [0.2, 0.25) is 0 Å². The second-order valence-electron chi connectivity index (χ2n) is 6.26. The summed E-state index contributed by atoms with van der Waals surface area (Å²) in [5.41, 5.74) is 4.32. The van der Waals surface area contributed by atoms with Gasteiger partial charge in [-0.15, -0.1) is 17.9 Å². The van der Waals surface area contributed by atoms with E-state index < -0.39 is 0 Å². The molecule has 2 aromatic rings. The van der Waals surface area contributed by atoms with Crippen molar-refractivity contribution in [3.05, 3.63) is 73.4 Å². The van der Waals surface area contributed by atoms with Gasteiger partial charge in [-0.3, -0.25) is 4.99 Å². The Morgan fingerprint density at radius 3 is 2.65 bits per heavy atom. The molecule has 0 amide bonds. The van der Waals surface area contributed by atoms with Crippen LogP contribution in [0.5, 0.6) is 0 Å². The maximum absolute atomic E-state index is 6.18. The lowest BCUT2D eigenvalue weighted by Gasteiger charge is -2.11. The van der Waals surface area contributed by atoms with E-state index in [1.165, 1.54) is 10.4 Å². The second-order valence-corrected chi connectivity index (χ2v) is 8.50. The number of aryl methyl sites for hydroxylation is 1. The van der Waals surface area contributed by atoms with Crippen LogP contribution in [0.3, 0.4) is 0 Å². The fraction of sp³-hybridized carbons (Fsp3) is 0.250. The molecule has 136 valence electrons. The number of nitrogens with zero attached hydrogens (tertiary/aromatic N) is 1. The first-order chi connectivity index (χ1) is 12.4. The summed E-state index contributed by atoms with van der Waals surface area (Å²) >= 11 is 20.1. The molecule has 1 unspecified atom stereocenters. The molecule has 1 aromatic heterocycles. The van der Waals surface area contributed by atoms with E-state index >= 15 is 0 Å². The summed E-state index contributed by atoms with van der Waals surface area (Å²) in [7, 11) is 0. The van der Waals surface area contributed by atoms with Crippen LogP contribution in [0, 0.1) is 6.92 Å². The molecule has 2 heterocycles. The molecule has 1 aliphatic heterocycles. The number of nitrogens with one attached hydrogen (secondary N) is 1. The van der Waals surface area contributed by atoms with Crippen LogP contribution in [-0.4, -0.2) is 18.8 Å². The molecule has 6 heteroatoms. The lowest BCUT2D eigenvalue weighted by Crippen LogP contribution is -2.10. The van der Waals surface area contributed by atoms with Crippen LogP contribution in [0.4, 0.5) is 0 Å². The largest absolute Gasteiger partial charge is 0.381 e. The molecule has 1 aromatic carbocycles. The van der Waals surface area contributed by atoms with Crippen molar-refractivity contribution < 1.29 is 0 Å². The average Bonchev–Trinajstić information content (AvgIpc) is 3.24. The number of aliphatic imine (C=N–C) groups is 1. The Kier molecular flexibility index (Phi) is 6.13.